The highest BCUT2D eigenvalue weighted by Gasteiger charge is 2.42. The number of benzene rings is 1. The lowest BCUT2D eigenvalue weighted by Crippen LogP contribution is -2.40. The van der Waals surface area contributed by atoms with Crippen molar-refractivity contribution >= 4 is 28.1 Å². The number of hydrogen-bond acceptors (Lipinski definition) is 7. The van der Waals surface area contributed by atoms with E-state index in [9.17, 15) is 18.4 Å². The monoisotopic (exact) mass is 475 g/mol. The molecular weight excluding hydrogens is 453 g/mol. The second-order valence-corrected chi connectivity index (χ2v) is 8.87. The van der Waals surface area contributed by atoms with Crippen LogP contribution in [0.25, 0.3) is 21.5 Å². The number of fused-ring (bicyclic) bond motifs is 1. The van der Waals surface area contributed by atoms with E-state index in [0.29, 0.717) is 11.4 Å². The normalized spacial score (nSPS) is 12.8. The Balaban J connectivity index is 1.74. The van der Waals surface area contributed by atoms with Gasteiger partial charge in [-0.05, 0) is 44.0 Å². The van der Waals surface area contributed by atoms with Gasteiger partial charge in [-0.1, -0.05) is 24.7 Å². The van der Waals surface area contributed by atoms with Crippen LogP contribution in [0, 0.1) is 6.92 Å². The van der Waals surface area contributed by atoms with Crippen molar-refractivity contribution in [1.82, 2.24) is 20.2 Å². The molecule has 0 aliphatic heterocycles. The van der Waals surface area contributed by atoms with Gasteiger partial charge in [-0.2, -0.15) is 13.2 Å². The molecule has 0 fully saturated rings. The molecule has 1 atom stereocenters. The molecule has 0 saturated carbocycles. The van der Waals surface area contributed by atoms with Crippen molar-refractivity contribution < 1.29 is 23.1 Å². The summed E-state index contributed by atoms with van der Waals surface area (Å²) in [5.74, 6) is 0.539. The van der Waals surface area contributed by atoms with Crippen LogP contribution in [0.1, 0.15) is 48.1 Å². The van der Waals surface area contributed by atoms with E-state index in [2.05, 4.69) is 38.5 Å². The lowest BCUT2D eigenvalue weighted by Gasteiger charge is -2.16. The standard InChI is InChI=1S/C22H22F3N6OS/c1-4-5-14-8-16(21-30-29-13(3)33-21)9-17-19(14)26-11-27-20(17)28-12(2)15-6-7-18(22(23,24)25)31(32)10-15/h6-12,32H,4-5H2,1-3H3,(H,26,27,28)/q+1/t12-/m1/s1. The minimum Gasteiger partial charge on any atom is -0.363 e. The summed E-state index contributed by atoms with van der Waals surface area (Å²) in [6, 6.07) is 5.75. The third kappa shape index (κ3) is 4.72. The van der Waals surface area contributed by atoms with E-state index in [-0.39, 0.29) is 4.73 Å². The Morgan fingerprint density at radius 3 is 2.61 bits per heavy atom. The molecule has 0 spiro atoms. The number of hydrogen-bond donors (Lipinski definition) is 2. The molecule has 4 rings (SSSR count). The zero-order valence-electron chi connectivity index (χ0n) is 18.2. The van der Waals surface area contributed by atoms with E-state index in [4.69, 9.17) is 0 Å². The molecule has 3 aromatic heterocycles. The molecule has 0 unspecified atom stereocenters. The Morgan fingerprint density at radius 2 is 1.97 bits per heavy atom. The third-order valence-corrected chi connectivity index (χ3v) is 6.09. The first-order valence-electron chi connectivity index (χ1n) is 10.3. The van der Waals surface area contributed by atoms with Crippen LogP contribution in [0.2, 0.25) is 0 Å². The summed E-state index contributed by atoms with van der Waals surface area (Å²) in [6.07, 6.45) is -0.398. The lowest BCUT2D eigenvalue weighted by atomic mass is 10.0. The van der Waals surface area contributed by atoms with Crippen LogP contribution < -0.4 is 10.0 Å². The molecule has 3 heterocycles. The summed E-state index contributed by atoms with van der Waals surface area (Å²) in [5.41, 5.74) is 2.08. The van der Waals surface area contributed by atoms with E-state index in [1.54, 1.807) is 6.92 Å². The number of nitrogens with zero attached hydrogens (tertiary/aromatic N) is 5. The van der Waals surface area contributed by atoms with Crippen LogP contribution in [0.4, 0.5) is 19.0 Å². The van der Waals surface area contributed by atoms with E-state index >= 15 is 0 Å². The maximum absolute atomic E-state index is 13.0. The van der Waals surface area contributed by atoms with E-state index in [1.807, 2.05) is 13.0 Å². The van der Waals surface area contributed by atoms with E-state index in [1.165, 1.54) is 23.7 Å². The van der Waals surface area contributed by atoms with Gasteiger partial charge in [-0.3, -0.25) is 5.21 Å². The maximum atomic E-state index is 13.0. The predicted molar refractivity (Wildman–Crippen MR) is 118 cm³/mol. The minimum absolute atomic E-state index is 0.0981. The average Bonchev–Trinajstić information content (AvgIpc) is 3.19. The second kappa shape index (κ2) is 8.89. The molecule has 0 saturated heterocycles. The number of aromatic nitrogens is 5. The van der Waals surface area contributed by atoms with Gasteiger partial charge in [0.1, 0.15) is 22.2 Å². The molecule has 0 aliphatic carbocycles. The summed E-state index contributed by atoms with van der Waals surface area (Å²) >= 11 is 1.49. The SMILES string of the molecule is CCCc1cc(-c2nnc(C)s2)cc2c(N[C@H](C)c3ccc(C(F)(F)F)[n+](O)c3)ncnc12. The summed E-state index contributed by atoms with van der Waals surface area (Å²) in [5, 5.41) is 23.8. The summed E-state index contributed by atoms with van der Waals surface area (Å²) in [7, 11) is 0. The van der Waals surface area contributed by atoms with Gasteiger partial charge < -0.3 is 5.32 Å². The largest absolute Gasteiger partial charge is 0.482 e. The van der Waals surface area contributed by atoms with Crippen LogP contribution >= 0.6 is 11.3 Å². The minimum atomic E-state index is -4.65. The summed E-state index contributed by atoms with van der Waals surface area (Å²) in [6.45, 7) is 5.76. The Morgan fingerprint density at radius 1 is 1.18 bits per heavy atom. The third-order valence-electron chi connectivity index (χ3n) is 5.21. The van der Waals surface area contributed by atoms with Gasteiger partial charge in [0, 0.05) is 27.3 Å². The Kier molecular flexibility index (Phi) is 6.15. The number of anilines is 1. The van der Waals surface area contributed by atoms with Crippen molar-refractivity contribution in [3.63, 3.8) is 0 Å². The van der Waals surface area contributed by atoms with Crippen LogP contribution in [-0.4, -0.2) is 25.4 Å². The highest BCUT2D eigenvalue weighted by molar-refractivity contribution is 7.14. The van der Waals surface area contributed by atoms with Gasteiger partial charge >= 0.3 is 11.9 Å². The number of aryl methyl sites for hydroxylation is 2. The first-order valence-corrected chi connectivity index (χ1v) is 11.2. The van der Waals surface area contributed by atoms with Gasteiger partial charge in [-0.15, -0.1) is 10.2 Å². The number of rotatable bonds is 6. The van der Waals surface area contributed by atoms with E-state index in [0.717, 1.165) is 57.1 Å². The van der Waals surface area contributed by atoms with Gasteiger partial charge in [-0.25, -0.2) is 9.97 Å². The molecule has 1 aromatic carbocycles. The maximum Gasteiger partial charge on any atom is 0.482 e. The Hall–Kier alpha value is -3.34. The molecule has 7 nitrogen and oxygen atoms in total. The van der Waals surface area contributed by atoms with Gasteiger partial charge in [0.2, 0.25) is 6.20 Å². The number of nitrogens with one attached hydrogen (secondary N) is 1. The predicted octanol–water partition coefficient (Wildman–Crippen LogP) is 5.13. The number of pyridine rings is 1. The van der Waals surface area contributed by atoms with Crippen LogP contribution in [0.3, 0.4) is 0 Å². The highest BCUT2D eigenvalue weighted by atomic mass is 32.1. The van der Waals surface area contributed by atoms with Crippen LogP contribution in [0.5, 0.6) is 0 Å². The topological polar surface area (TPSA) is 87.7 Å². The molecule has 0 bridgehead atoms. The van der Waals surface area contributed by atoms with Crippen molar-refractivity contribution in [2.45, 2.75) is 45.8 Å². The molecule has 172 valence electrons. The van der Waals surface area contributed by atoms with Crippen LogP contribution in [0.15, 0.2) is 36.8 Å². The molecule has 33 heavy (non-hydrogen) atoms. The summed E-state index contributed by atoms with van der Waals surface area (Å²) < 4.78 is 39.0. The number of halogens is 3. The summed E-state index contributed by atoms with van der Waals surface area (Å²) in [4.78, 5) is 8.87. The van der Waals surface area contributed by atoms with Crippen molar-refractivity contribution in [2.24, 2.45) is 0 Å². The molecule has 0 radical (unpaired) electrons. The van der Waals surface area contributed by atoms with Crippen molar-refractivity contribution in [3.05, 3.63) is 58.6 Å². The van der Waals surface area contributed by atoms with Crippen LogP contribution in [-0.2, 0) is 12.6 Å². The second-order valence-electron chi connectivity index (χ2n) is 7.69. The molecular formula is C22H22F3N6OS+. The van der Waals surface area contributed by atoms with E-state index < -0.39 is 17.9 Å². The average molecular weight is 476 g/mol. The zero-order chi connectivity index (χ0) is 23.8. The Labute approximate surface area is 191 Å². The fraction of sp³-hybridized carbons (Fsp3) is 0.318. The van der Waals surface area contributed by atoms with Crippen molar-refractivity contribution in [2.75, 3.05) is 5.32 Å². The van der Waals surface area contributed by atoms with Gasteiger partial charge in [0.05, 0.1) is 11.6 Å². The van der Waals surface area contributed by atoms with Crippen molar-refractivity contribution in [3.8, 4) is 10.6 Å². The zero-order valence-corrected chi connectivity index (χ0v) is 19.0. The molecule has 2 N–H and O–H groups in total. The van der Waals surface area contributed by atoms with Gasteiger partial charge in [0.15, 0.2) is 0 Å². The fourth-order valence-electron chi connectivity index (χ4n) is 3.63. The first kappa shape index (κ1) is 22.8. The fourth-order valence-corrected chi connectivity index (χ4v) is 4.31. The molecule has 0 amide bonds. The molecule has 11 heteroatoms. The lowest BCUT2D eigenvalue weighted by molar-refractivity contribution is -0.915. The number of alkyl halides is 3. The Bertz CT molecular complexity index is 1310. The first-order chi connectivity index (χ1) is 15.7. The smallest absolute Gasteiger partial charge is 0.363 e. The molecule has 4 aromatic rings. The van der Waals surface area contributed by atoms with Crippen molar-refractivity contribution in [1.29, 1.82) is 0 Å². The quantitative estimate of drug-likeness (QED) is 0.297. The highest BCUT2D eigenvalue weighted by Crippen LogP contribution is 2.33. The molecule has 0 aliphatic rings. The van der Waals surface area contributed by atoms with Gasteiger partial charge in [0.25, 0.3) is 0 Å².